The fourth-order valence-electron chi connectivity index (χ4n) is 3.17. The third-order valence-corrected chi connectivity index (χ3v) is 4.56. The zero-order valence-electron chi connectivity index (χ0n) is 15.2. The minimum absolute atomic E-state index is 0.176. The summed E-state index contributed by atoms with van der Waals surface area (Å²) in [5, 5.41) is 8.86. The predicted octanol–water partition coefficient (Wildman–Crippen LogP) is 4.48. The van der Waals surface area contributed by atoms with E-state index in [2.05, 4.69) is 0 Å². The van der Waals surface area contributed by atoms with Crippen LogP contribution in [0.1, 0.15) is 16.7 Å². The lowest BCUT2D eigenvalue weighted by molar-refractivity contribution is -0.213. The number of Topliss-reactive ketones (excluding diaryl/α,β-unsaturated/α-hetero) is 1. The largest absolute Gasteiger partial charge is 0.433 e. The maximum Gasteiger partial charge on any atom is 0.433 e. The van der Waals surface area contributed by atoms with Gasteiger partial charge in [-0.05, 0) is 23.8 Å². The first-order chi connectivity index (χ1) is 14.0. The number of ketones is 1. The first-order valence-corrected chi connectivity index (χ1v) is 8.67. The topological polar surface area (TPSA) is 53.3 Å². The summed E-state index contributed by atoms with van der Waals surface area (Å²) in [4.78, 5) is 13.0. The molecular weight excluding hydrogens is 414 g/mol. The van der Waals surface area contributed by atoms with Gasteiger partial charge in [0.1, 0.15) is 6.10 Å². The Hall–Kier alpha value is -3.06. The lowest BCUT2D eigenvalue weighted by Gasteiger charge is -2.27. The highest BCUT2D eigenvalue weighted by Gasteiger charge is 2.52. The minimum Gasteiger partial charge on any atom is -0.337 e. The molecule has 0 aliphatic carbocycles. The summed E-state index contributed by atoms with van der Waals surface area (Å²) < 4.78 is 85.0. The number of ether oxygens (including phenoxy) is 1. The van der Waals surface area contributed by atoms with Gasteiger partial charge in [0, 0.05) is 12.1 Å². The fraction of sp³-hybridized carbons (Fsp3) is 0.300. The van der Waals surface area contributed by atoms with Gasteiger partial charge in [-0.25, -0.2) is 0 Å². The summed E-state index contributed by atoms with van der Waals surface area (Å²) in [6.07, 6.45) is -14.1. The Bertz CT molecular complexity index is 966. The molecule has 1 saturated heterocycles. The molecule has 0 aromatic heterocycles. The number of hydrogen-bond donors (Lipinski definition) is 0. The molecule has 0 bridgehead atoms. The van der Waals surface area contributed by atoms with E-state index < -0.39 is 53.8 Å². The van der Waals surface area contributed by atoms with Crippen LogP contribution in [0.15, 0.2) is 48.5 Å². The zero-order valence-corrected chi connectivity index (χ0v) is 15.2. The van der Waals surface area contributed by atoms with Crippen molar-refractivity contribution in [3.8, 4) is 6.07 Å². The number of nitrogens with zero attached hydrogens (tertiary/aromatic N) is 2. The molecule has 2 aromatic rings. The highest BCUT2D eigenvalue weighted by molar-refractivity contribution is 5.86. The number of hydrogen-bond acceptors (Lipinski definition) is 4. The van der Waals surface area contributed by atoms with E-state index in [0.29, 0.717) is 16.5 Å². The van der Waals surface area contributed by atoms with Crippen LogP contribution in [0.3, 0.4) is 0 Å². The van der Waals surface area contributed by atoms with E-state index in [-0.39, 0.29) is 6.42 Å². The number of alkyl halides is 6. The number of benzene rings is 2. The van der Waals surface area contributed by atoms with E-state index >= 15 is 0 Å². The Labute approximate surface area is 167 Å². The summed E-state index contributed by atoms with van der Waals surface area (Å²) in [6, 6.07) is 11.9. The summed E-state index contributed by atoms with van der Waals surface area (Å²) in [6.45, 7) is -0.570. The van der Waals surface area contributed by atoms with Crippen LogP contribution < -0.4 is 4.90 Å². The van der Waals surface area contributed by atoms with Crippen molar-refractivity contribution in [3.63, 3.8) is 0 Å². The van der Waals surface area contributed by atoms with Gasteiger partial charge in [-0.3, -0.25) is 4.79 Å². The van der Waals surface area contributed by atoms with Crippen molar-refractivity contribution >= 4 is 11.5 Å². The first-order valence-electron chi connectivity index (χ1n) is 8.67. The van der Waals surface area contributed by atoms with Crippen molar-refractivity contribution in [2.24, 2.45) is 0 Å². The second-order valence-electron chi connectivity index (χ2n) is 6.64. The molecule has 2 aromatic carbocycles. The van der Waals surface area contributed by atoms with Crippen LogP contribution >= 0.6 is 0 Å². The molecule has 0 amide bonds. The molecule has 10 heteroatoms. The Morgan fingerprint density at radius 1 is 1.10 bits per heavy atom. The quantitative estimate of drug-likeness (QED) is 0.674. The zero-order chi connectivity index (χ0) is 22.1. The maximum absolute atomic E-state index is 13.5. The van der Waals surface area contributed by atoms with Crippen LogP contribution in [0, 0.1) is 11.3 Å². The van der Waals surface area contributed by atoms with E-state index in [9.17, 15) is 31.1 Å². The van der Waals surface area contributed by atoms with Gasteiger partial charge < -0.3 is 9.64 Å². The third-order valence-electron chi connectivity index (χ3n) is 4.56. The van der Waals surface area contributed by atoms with Crippen LogP contribution in [0.2, 0.25) is 0 Å². The van der Waals surface area contributed by atoms with Crippen LogP contribution in [-0.2, 0) is 22.1 Å². The maximum atomic E-state index is 13.5. The molecule has 1 heterocycles. The van der Waals surface area contributed by atoms with E-state index in [4.69, 9.17) is 10.00 Å². The highest BCUT2D eigenvalue weighted by Crippen LogP contribution is 2.39. The van der Waals surface area contributed by atoms with Crippen molar-refractivity contribution in [1.29, 1.82) is 5.26 Å². The van der Waals surface area contributed by atoms with Gasteiger partial charge in [0.05, 0.1) is 23.7 Å². The number of anilines is 1. The first kappa shape index (κ1) is 21.6. The van der Waals surface area contributed by atoms with Crippen molar-refractivity contribution in [1.82, 2.24) is 0 Å². The van der Waals surface area contributed by atoms with E-state index in [1.165, 1.54) is 6.07 Å². The second kappa shape index (κ2) is 7.99. The molecule has 1 fully saturated rings. The molecule has 1 aliphatic heterocycles. The molecule has 2 atom stereocenters. The van der Waals surface area contributed by atoms with E-state index in [1.807, 2.05) is 0 Å². The molecule has 158 valence electrons. The molecule has 30 heavy (non-hydrogen) atoms. The predicted molar refractivity (Wildman–Crippen MR) is 93.4 cm³/mol. The monoisotopic (exact) mass is 428 g/mol. The number of carbonyl (C=O) groups excluding carboxylic acids is 1. The van der Waals surface area contributed by atoms with Crippen molar-refractivity contribution in [2.45, 2.75) is 31.1 Å². The summed E-state index contributed by atoms with van der Waals surface area (Å²) in [7, 11) is 0. The molecule has 1 aliphatic rings. The molecule has 0 N–H and O–H groups in total. The standard InChI is InChI=1S/C20H14F6N2O2/c21-19(22,23)15-9-14(7-6-13(15)10-27)28-11-17(30-18(28)20(24,25)26)16(29)8-12-4-2-1-3-5-12/h1-7,9,17-18H,8,11H2/t17-,18+/m0/s1. The van der Waals surface area contributed by atoms with E-state index in [1.54, 1.807) is 30.3 Å². The normalized spacial score (nSPS) is 19.6. The van der Waals surface area contributed by atoms with E-state index in [0.717, 1.165) is 12.1 Å². The van der Waals surface area contributed by atoms with Gasteiger partial charge in [0.25, 0.3) is 0 Å². The third kappa shape index (κ3) is 4.57. The Morgan fingerprint density at radius 2 is 1.77 bits per heavy atom. The molecule has 0 saturated carbocycles. The fourth-order valence-corrected chi connectivity index (χ4v) is 3.17. The average Bonchev–Trinajstić information content (AvgIpc) is 3.14. The molecule has 4 nitrogen and oxygen atoms in total. The molecule has 0 radical (unpaired) electrons. The second-order valence-corrected chi connectivity index (χ2v) is 6.64. The number of rotatable bonds is 4. The average molecular weight is 428 g/mol. The number of carbonyl (C=O) groups is 1. The van der Waals surface area contributed by atoms with Gasteiger partial charge in [-0.1, -0.05) is 30.3 Å². The summed E-state index contributed by atoms with van der Waals surface area (Å²) in [5.41, 5.74) is -1.95. The Balaban J connectivity index is 1.91. The lowest BCUT2D eigenvalue weighted by atomic mass is 10.0. The summed E-state index contributed by atoms with van der Waals surface area (Å²) >= 11 is 0. The van der Waals surface area contributed by atoms with Gasteiger partial charge in [-0.2, -0.15) is 31.6 Å². The Kier molecular flexibility index (Phi) is 5.76. The highest BCUT2D eigenvalue weighted by atomic mass is 19.4. The minimum atomic E-state index is -4.95. The Morgan fingerprint density at radius 3 is 2.33 bits per heavy atom. The van der Waals surface area contributed by atoms with Gasteiger partial charge in [-0.15, -0.1) is 0 Å². The van der Waals surface area contributed by atoms with Crippen LogP contribution in [0.4, 0.5) is 32.0 Å². The lowest BCUT2D eigenvalue weighted by Crippen LogP contribution is -2.42. The van der Waals surface area contributed by atoms with Crippen LogP contribution in [0.25, 0.3) is 0 Å². The number of nitriles is 1. The molecule has 0 spiro atoms. The van der Waals surface area contributed by atoms with Crippen LogP contribution in [0.5, 0.6) is 0 Å². The molecule has 0 unspecified atom stereocenters. The van der Waals surface area contributed by atoms with Gasteiger partial charge >= 0.3 is 12.4 Å². The smallest absolute Gasteiger partial charge is 0.337 e. The van der Waals surface area contributed by atoms with Gasteiger partial charge in [0.2, 0.25) is 6.23 Å². The summed E-state index contributed by atoms with van der Waals surface area (Å²) in [5.74, 6) is -0.623. The van der Waals surface area contributed by atoms with Crippen molar-refractivity contribution in [2.75, 3.05) is 11.4 Å². The molecular formula is C20H14F6N2O2. The SMILES string of the molecule is N#Cc1ccc(N2C[C@@H](C(=O)Cc3ccccc3)O[C@@H]2C(F)(F)F)cc1C(F)(F)F. The molecule has 3 rings (SSSR count). The van der Waals surface area contributed by atoms with Crippen LogP contribution in [-0.4, -0.2) is 30.8 Å². The van der Waals surface area contributed by atoms with Crippen molar-refractivity contribution < 1.29 is 35.9 Å². The van der Waals surface area contributed by atoms with Crippen molar-refractivity contribution in [3.05, 3.63) is 65.2 Å². The number of halogens is 6. The van der Waals surface area contributed by atoms with Gasteiger partial charge in [0.15, 0.2) is 5.78 Å².